The van der Waals surface area contributed by atoms with Crippen molar-refractivity contribution in [2.45, 2.75) is 9.79 Å². The first-order valence-electron chi connectivity index (χ1n) is 5.30. The minimum Gasteiger partial charge on any atom is -0.382 e. The largest absolute Gasteiger partial charge is 0.382 e. The fourth-order valence-electron chi connectivity index (χ4n) is 1.49. The van der Waals surface area contributed by atoms with Gasteiger partial charge in [-0.2, -0.15) is 0 Å². The second kappa shape index (κ2) is 5.49. The van der Waals surface area contributed by atoms with Gasteiger partial charge in [0.05, 0.1) is 9.82 Å². The number of benzene rings is 1. The quantitative estimate of drug-likeness (QED) is 0.385. The van der Waals surface area contributed by atoms with Gasteiger partial charge in [0.25, 0.3) is 5.69 Å². The molecule has 3 N–H and O–H groups in total. The van der Waals surface area contributed by atoms with Crippen molar-refractivity contribution in [1.29, 1.82) is 5.41 Å². The predicted octanol–water partition coefficient (Wildman–Crippen LogP) is 2.43. The first-order chi connectivity index (χ1) is 9.09. The Morgan fingerprint density at radius 2 is 1.95 bits per heavy atom. The van der Waals surface area contributed by atoms with Crippen molar-refractivity contribution < 1.29 is 4.92 Å². The predicted molar refractivity (Wildman–Crippen MR) is 72.5 cm³/mol. The van der Waals surface area contributed by atoms with Gasteiger partial charge in [0.15, 0.2) is 0 Å². The molecule has 0 bridgehead atoms. The highest BCUT2D eigenvalue weighted by atomic mass is 32.2. The number of nitrogens with two attached hydrogens (primary N) is 1. The maximum absolute atomic E-state index is 10.9. The topological polar surface area (TPSA) is 106 Å². The van der Waals surface area contributed by atoms with E-state index in [1.54, 1.807) is 30.3 Å². The molecule has 0 aliphatic carbocycles. The van der Waals surface area contributed by atoms with Crippen LogP contribution in [0, 0.1) is 15.5 Å². The Kier molecular flexibility index (Phi) is 3.76. The second-order valence-electron chi connectivity index (χ2n) is 3.59. The monoisotopic (exact) mass is 274 g/mol. The lowest BCUT2D eigenvalue weighted by Crippen LogP contribution is -2.14. The second-order valence-corrected chi connectivity index (χ2v) is 4.67. The first-order valence-corrected chi connectivity index (χ1v) is 6.12. The van der Waals surface area contributed by atoms with Gasteiger partial charge < -0.3 is 5.73 Å². The summed E-state index contributed by atoms with van der Waals surface area (Å²) < 4.78 is 0. The molecule has 0 unspecified atom stereocenters. The Morgan fingerprint density at radius 3 is 2.63 bits per heavy atom. The maximum Gasteiger partial charge on any atom is 0.283 e. The lowest BCUT2D eigenvalue weighted by Gasteiger charge is -2.06. The number of amidine groups is 1. The van der Waals surface area contributed by atoms with Crippen molar-refractivity contribution in [2.75, 3.05) is 0 Å². The summed E-state index contributed by atoms with van der Waals surface area (Å²) in [6, 6.07) is 9.84. The van der Waals surface area contributed by atoms with E-state index >= 15 is 0 Å². The van der Waals surface area contributed by atoms with Crippen molar-refractivity contribution in [1.82, 2.24) is 4.98 Å². The fourth-order valence-corrected chi connectivity index (χ4v) is 2.52. The minimum absolute atomic E-state index is 0.0193. The number of para-hydroxylation sites is 1. The third kappa shape index (κ3) is 2.89. The first kappa shape index (κ1) is 13.0. The number of nitro benzene ring substituents is 1. The van der Waals surface area contributed by atoms with Crippen LogP contribution in [-0.2, 0) is 0 Å². The zero-order valence-electron chi connectivity index (χ0n) is 9.74. The van der Waals surface area contributed by atoms with Gasteiger partial charge in [-0.05, 0) is 18.2 Å². The zero-order valence-corrected chi connectivity index (χ0v) is 10.6. The molecule has 0 aliphatic heterocycles. The van der Waals surface area contributed by atoms with Crippen molar-refractivity contribution >= 4 is 23.3 Å². The lowest BCUT2D eigenvalue weighted by atomic mass is 10.3. The minimum atomic E-state index is -0.438. The van der Waals surface area contributed by atoms with Crippen LogP contribution in [0.25, 0.3) is 0 Å². The molecule has 0 aliphatic rings. The summed E-state index contributed by atoms with van der Waals surface area (Å²) >= 11 is 1.17. The standard InChI is InChI=1S/C12H10N4O2S/c13-12(14)11-10(6-3-7-15-11)19-9-5-2-1-4-8(9)16(17)18/h1-7H,(H3,13,14). The van der Waals surface area contributed by atoms with Gasteiger partial charge in [-0.1, -0.05) is 23.9 Å². The van der Waals surface area contributed by atoms with Gasteiger partial charge in [-0.25, -0.2) is 0 Å². The molecular formula is C12H10N4O2S. The van der Waals surface area contributed by atoms with Gasteiger partial charge in [0.1, 0.15) is 11.5 Å². The third-order valence-corrected chi connectivity index (χ3v) is 3.42. The Hall–Kier alpha value is -2.41. The molecule has 0 fully saturated rings. The Morgan fingerprint density at radius 1 is 1.26 bits per heavy atom. The lowest BCUT2D eigenvalue weighted by molar-refractivity contribution is -0.387. The van der Waals surface area contributed by atoms with E-state index < -0.39 is 4.92 Å². The number of nitrogens with one attached hydrogen (secondary N) is 1. The Bertz CT molecular complexity index is 590. The number of hydrogen-bond donors (Lipinski definition) is 2. The van der Waals surface area contributed by atoms with Crippen LogP contribution >= 0.6 is 11.8 Å². The SMILES string of the molecule is N=C(N)c1ncccc1Sc1ccccc1[N+](=O)[O-]. The van der Waals surface area contributed by atoms with Gasteiger partial charge in [0.2, 0.25) is 0 Å². The summed E-state index contributed by atoms with van der Waals surface area (Å²) in [6.07, 6.45) is 1.53. The highest BCUT2D eigenvalue weighted by molar-refractivity contribution is 7.99. The van der Waals surface area contributed by atoms with Crippen molar-refractivity contribution in [3.8, 4) is 0 Å². The van der Waals surface area contributed by atoms with E-state index in [-0.39, 0.29) is 11.5 Å². The number of hydrogen-bond acceptors (Lipinski definition) is 5. The van der Waals surface area contributed by atoms with Gasteiger partial charge in [-0.3, -0.25) is 20.5 Å². The van der Waals surface area contributed by atoms with E-state index in [1.165, 1.54) is 24.0 Å². The van der Waals surface area contributed by atoms with E-state index in [9.17, 15) is 10.1 Å². The van der Waals surface area contributed by atoms with Gasteiger partial charge >= 0.3 is 0 Å². The molecule has 1 aromatic heterocycles. The number of pyridine rings is 1. The van der Waals surface area contributed by atoms with Crippen LogP contribution < -0.4 is 5.73 Å². The molecule has 2 rings (SSSR count). The summed E-state index contributed by atoms with van der Waals surface area (Å²) in [6.45, 7) is 0. The summed E-state index contributed by atoms with van der Waals surface area (Å²) in [5, 5.41) is 18.4. The molecule has 96 valence electrons. The Balaban J connectivity index is 2.42. The number of nitro groups is 1. The van der Waals surface area contributed by atoms with Crippen LogP contribution in [0.3, 0.4) is 0 Å². The van der Waals surface area contributed by atoms with Crippen LogP contribution in [0.2, 0.25) is 0 Å². The van der Waals surface area contributed by atoms with Crippen LogP contribution in [-0.4, -0.2) is 15.7 Å². The third-order valence-electron chi connectivity index (χ3n) is 2.31. The molecule has 7 heteroatoms. The van der Waals surface area contributed by atoms with E-state index in [2.05, 4.69) is 4.98 Å². The van der Waals surface area contributed by atoms with E-state index in [0.717, 1.165) is 0 Å². The molecule has 0 saturated carbocycles. The summed E-state index contributed by atoms with van der Waals surface area (Å²) in [5.41, 5.74) is 5.78. The molecule has 0 radical (unpaired) electrons. The molecule has 2 aromatic rings. The maximum atomic E-state index is 10.9. The van der Waals surface area contributed by atoms with E-state index in [0.29, 0.717) is 15.5 Å². The number of nitrogens with zero attached hydrogens (tertiary/aromatic N) is 2. The van der Waals surface area contributed by atoms with Crippen LogP contribution in [0.4, 0.5) is 5.69 Å². The molecule has 6 nitrogen and oxygen atoms in total. The van der Waals surface area contributed by atoms with Crippen LogP contribution in [0.5, 0.6) is 0 Å². The van der Waals surface area contributed by atoms with Gasteiger partial charge in [0, 0.05) is 17.2 Å². The highest BCUT2D eigenvalue weighted by Gasteiger charge is 2.16. The normalized spacial score (nSPS) is 10.1. The van der Waals surface area contributed by atoms with Crippen molar-refractivity contribution in [3.63, 3.8) is 0 Å². The molecular weight excluding hydrogens is 264 g/mol. The smallest absolute Gasteiger partial charge is 0.283 e. The average Bonchev–Trinajstić information content (AvgIpc) is 2.39. The molecule has 1 heterocycles. The fraction of sp³-hybridized carbons (Fsp3) is 0. The molecule has 0 spiro atoms. The number of aromatic nitrogens is 1. The number of nitrogen functional groups attached to an aromatic ring is 1. The van der Waals surface area contributed by atoms with Crippen molar-refractivity contribution in [2.24, 2.45) is 5.73 Å². The molecule has 0 amide bonds. The van der Waals surface area contributed by atoms with Crippen molar-refractivity contribution in [3.05, 3.63) is 58.4 Å². The van der Waals surface area contributed by atoms with E-state index in [1.807, 2.05) is 0 Å². The molecule has 0 atom stereocenters. The molecule has 0 saturated heterocycles. The van der Waals surface area contributed by atoms with Gasteiger partial charge in [-0.15, -0.1) is 0 Å². The Labute approximate surface area is 113 Å². The molecule has 19 heavy (non-hydrogen) atoms. The number of rotatable bonds is 4. The zero-order chi connectivity index (χ0) is 13.8. The van der Waals surface area contributed by atoms with Crippen LogP contribution in [0.15, 0.2) is 52.4 Å². The summed E-state index contributed by atoms with van der Waals surface area (Å²) in [7, 11) is 0. The summed E-state index contributed by atoms with van der Waals surface area (Å²) in [4.78, 5) is 15.6. The van der Waals surface area contributed by atoms with E-state index in [4.69, 9.17) is 11.1 Å². The summed E-state index contributed by atoms with van der Waals surface area (Å²) in [5.74, 6) is -0.165. The average molecular weight is 274 g/mol. The highest BCUT2D eigenvalue weighted by Crippen LogP contribution is 2.35. The van der Waals surface area contributed by atoms with Crippen LogP contribution in [0.1, 0.15) is 5.69 Å². The molecule has 1 aromatic carbocycles.